The molecule has 0 saturated heterocycles. The zero-order chi connectivity index (χ0) is 17.2. The molecule has 0 aliphatic heterocycles. The summed E-state index contributed by atoms with van der Waals surface area (Å²) in [5, 5.41) is 4.13. The molecule has 0 aliphatic rings. The molecule has 24 heavy (non-hydrogen) atoms. The Morgan fingerprint density at radius 3 is 2.83 bits per heavy atom. The number of methoxy groups -OCH3 is 1. The van der Waals surface area contributed by atoms with Crippen molar-refractivity contribution in [3.05, 3.63) is 54.9 Å². The standard InChI is InChI=1S/C15H17N5O3S/c1-11(15-16-7-8-17-15)19-24(21,22)12-9-18-20(10-12)13-5-3-4-6-14(13)23-2/h3-11,19H,1-2H3,(H,16,17)/t11-/m1/s1. The first-order valence-corrected chi connectivity index (χ1v) is 8.69. The minimum Gasteiger partial charge on any atom is -0.494 e. The van der Waals surface area contributed by atoms with Gasteiger partial charge in [0.1, 0.15) is 22.2 Å². The van der Waals surface area contributed by atoms with Crippen molar-refractivity contribution in [2.75, 3.05) is 7.11 Å². The topological polar surface area (TPSA) is 102 Å². The first-order chi connectivity index (χ1) is 11.5. The number of aromatic nitrogens is 4. The lowest BCUT2D eigenvalue weighted by atomic mass is 10.3. The minimum atomic E-state index is -3.73. The molecule has 2 aromatic heterocycles. The second-order valence-electron chi connectivity index (χ2n) is 5.11. The number of hydrogen-bond donors (Lipinski definition) is 2. The number of imidazole rings is 1. The van der Waals surface area contributed by atoms with Gasteiger partial charge >= 0.3 is 0 Å². The van der Waals surface area contributed by atoms with E-state index in [4.69, 9.17) is 4.74 Å². The van der Waals surface area contributed by atoms with Crippen LogP contribution < -0.4 is 9.46 Å². The largest absolute Gasteiger partial charge is 0.494 e. The van der Waals surface area contributed by atoms with Crippen molar-refractivity contribution in [1.29, 1.82) is 0 Å². The smallest absolute Gasteiger partial charge is 0.244 e. The highest BCUT2D eigenvalue weighted by atomic mass is 32.2. The molecular weight excluding hydrogens is 330 g/mol. The Labute approximate surface area is 139 Å². The molecule has 0 radical (unpaired) electrons. The molecule has 2 heterocycles. The second-order valence-corrected chi connectivity index (χ2v) is 6.82. The SMILES string of the molecule is COc1ccccc1-n1cc(S(=O)(=O)N[C@H](C)c2ncc[nH]2)cn1. The molecule has 9 heteroatoms. The first kappa shape index (κ1) is 16.2. The van der Waals surface area contributed by atoms with Crippen LogP contribution in [0.2, 0.25) is 0 Å². The summed E-state index contributed by atoms with van der Waals surface area (Å²) in [6.07, 6.45) is 5.94. The summed E-state index contributed by atoms with van der Waals surface area (Å²) in [6.45, 7) is 1.71. The molecule has 0 fully saturated rings. The lowest BCUT2D eigenvalue weighted by Crippen LogP contribution is -2.27. The van der Waals surface area contributed by atoms with Gasteiger partial charge in [-0.25, -0.2) is 22.8 Å². The van der Waals surface area contributed by atoms with E-state index in [1.54, 1.807) is 38.6 Å². The van der Waals surface area contributed by atoms with Crippen LogP contribution in [0.1, 0.15) is 18.8 Å². The van der Waals surface area contributed by atoms with Crippen molar-refractivity contribution in [2.24, 2.45) is 0 Å². The van der Waals surface area contributed by atoms with Crippen molar-refractivity contribution in [2.45, 2.75) is 17.9 Å². The molecule has 1 atom stereocenters. The maximum absolute atomic E-state index is 12.5. The molecule has 0 unspecified atom stereocenters. The Kier molecular flexibility index (Phi) is 4.36. The van der Waals surface area contributed by atoms with Crippen LogP contribution in [0.25, 0.3) is 5.69 Å². The molecule has 0 bridgehead atoms. The number of nitrogens with zero attached hydrogens (tertiary/aromatic N) is 3. The molecule has 2 N–H and O–H groups in total. The van der Waals surface area contributed by atoms with Crippen molar-refractivity contribution in [1.82, 2.24) is 24.5 Å². The van der Waals surface area contributed by atoms with Crippen molar-refractivity contribution in [3.8, 4) is 11.4 Å². The predicted octanol–water partition coefficient (Wildman–Crippen LogP) is 1.64. The van der Waals surface area contributed by atoms with Gasteiger partial charge in [-0.1, -0.05) is 12.1 Å². The number of nitrogens with one attached hydrogen (secondary N) is 2. The molecular formula is C15H17N5O3S. The molecule has 126 valence electrons. The second kappa shape index (κ2) is 6.46. The molecule has 8 nitrogen and oxygen atoms in total. The number of aromatic amines is 1. The van der Waals surface area contributed by atoms with Crippen LogP contribution in [0.15, 0.2) is 53.9 Å². The number of benzene rings is 1. The van der Waals surface area contributed by atoms with Crippen LogP contribution in [-0.4, -0.2) is 35.3 Å². The van der Waals surface area contributed by atoms with Gasteiger partial charge < -0.3 is 9.72 Å². The molecule has 0 aliphatic carbocycles. The van der Waals surface area contributed by atoms with Crippen LogP contribution in [0.4, 0.5) is 0 Å². The van der Waals surface area contributed by atoms with Crippen molar-refractivity contribution >= 4 is 10.0 Å². The number of para-hydroxylation sites is 2. The van der Waals surface area contributed by atoms with Gasteiger partial charge in [0.2, 0.25) is 10.0 Å². The molecule has 1 aromatic carbocycles. The lowest BCUT2D eigenvalue weighted by molar-refractivity contribution is 0.411. The Bertz CT molecular complexity index is 918. The molecule has 0 saturated carbocycles. The first-order valence-electron chi connectivity index (χ1n) is 7.21. The zero-order valence-corrected chi connectivity index (χ0v) is 14.0. The van der Waals surface area contributed by atoms with Gasteiger partial charge in [0.05, 0.1) is 25.5 Å². The average molecular weight is 347 g/mol. The minimum absolute atomic E-state index is 0.0619. The van der Waals surface area contributed by atoms with E-state index in [-0.39, 0.29) is 4.90 Å². The number of hydrogen-bond acceptors (Lipinski definition) is 5. The monoisotopic (exact) mass is 347 g/mol. The lowest BCUT2D eigenvalue weighted by Gasteiger charge is -2.10. The summed E-state index contributed by atoms with van der Waals surface area (Å²) < 4.78 is 34.3. The molecule has 3 rings (SSSR count). The number of ether oxygens (including phenoxy) is 1. The predicted molar refractivity (Wildman–Crippen MR) is 87.4 cm³/mol. The molecule has 0 amide bonds. The maximum Gasteiger partial charge on any atom is 0.244 e. The van der Waals surface area contributed by atoms with E-state index < -0.39 is 16.1 Å². The fraction of sp³-hybridized carbons (Fsp3) is 0.200. The third-order valence-electron chi connectivity index (χ3n) is 3.46. The highest BCUT2D eigenvalue weighted by Crippen LogP contribution is 2.23. The fourth-order valence-corrected chi connectivity index (χ4v) is 3.40. The van der Waals surface area contributed by atoms with Gasteiger partial charge in [0.15, 0.2) is 0 Å². The van der Waals surface area contributed by atoms with Crippen LogP contribution >= 0.6 is 0 Å². The fourth-order valence-electron chi connectivity index (χ4n) is 2.27. The van der Waals surface area contributed by atoms with Gasteiger partial charge in [-0.3, -0.25) is 0 Å². The highest BCUT2D eigenvalue weighted by molar-refractivity contribution is 7.89. The van der Waals surface area contributed by atoms with Crippen molar-refractivity contribution < 1.29 is 13.2 Å². The van der Waals surface area contributed by atoms with Gasteiger partial charge in [0.25, 0.3) is 0 Å². The highest BCUT2D eigenvalue weighted by Gasteiger charge is 2.22. The van der Waals surface area contributed by atoms with Gasteiger partial charge in [-0.2, -0.15) is 5.10 Å². The van der Waals surface area contributed by atoms with Crippen LogP contribution in [0.5, 0.6) is 5.75 Å². The summed E-state index contributed by atoms with van der Waals surface area (Å²) in [5.74, 6) is 1.14. The Balaban J connectivity index is 1.87. The number of rotatable bonds is 6. The van der Waals surface area contributed by atoms with Crippen LogP contribution in [0, 0.1) is 0 Å². The van der Waals surface area contributed by atoms with Crippen LogP contribution in [0.3, 0.4) is 0 Å². The van der Waals surface area contributed by atoms with Gasteiger partial charge in [-0.05, 0) is 19.1 Å². The normalized spacial score (nSPS) is 12.9. The summed E-state index contributed by atoms with van der Waals surface area (Å²) in [4.78, 5) is 6.99. The summed E-state index contributed by atoms with van der Waals surface area (Å²) >= 11 is 0. The van der Waals surface area contributed by atoms with Crippen molar-refractivity contribution in [3.63, 3.8) is 0 Å². The van der Waals surface area contributed by atoms with E-state index in [2.05, 4.69) is 19.8 Å². The third kappa shape index (κ3) is 3.17. The summed E-state index contributed by atoms with van der Waals surface area (Å²) in [5.41, 5.74) is 0.653. The Morgan fingerprint density at radius 1 is 1.33 bits per heavy atom. The average Bonchev–Trinajstić information content (AvgIpc) is 3.26. The zero-order valence-electron chi connectivity index (χ0n) is 13.2. The summed E-state index contributed by atoms with van der Waals surface area (Å²) in [7, 11) is -2.18. The van der Waals surface area contributed by atoms with E-state index in [9.17, 15) is 8.42 Å². The number of sulfonamides is 1. The van der Waals surface area contributed by atoms with E-state index in [0.29, 0.717) is 17.3 Å². The van der Waals surface area contributed by atoms with Gasteiger partial charge in [-0.15, -0.1) is 0 Å². The third-order valence-corrected chi connectivity index (χ3v) is 4.96. The molecule has 3 aromatic rings. The summed E-state index contributed by atoms with van der Waals surface area (Å²) in [6, 6.07) is 6.74. The van der Waals surface area contributed by atoms with E-state index in [0.717, 1.165) is 0 Å². The Morgan fingerprint density at radius 2 is 2.12 bits per heavy atom. The van der Waals surface area contributed by atoms with E-state index in [1.165, 1.54) is 17.1 Å². The number of H-pyrrole nitrogens is 1. The Hall–Kier alpha value is -2.65. The van der Waals surface area contributed by atoms with E-state index >= 15 is 0 Å². The van der Waals surface area contributed by atoms with Crippen LogP contribution in [-0.2, 0) is 10.0 Å². The van der Waals surface area contributed by atoms with E-state index in [1.807, 2.05) is 12.1 Å². The maximum atomic E-state index is 12.5. The quantitative estimate of drug-likeness (QED) is 0.706. The molecule has 0 spiro atoms. The van der Waals surface area contributed by atoms with Gasteiger partial charge in [0, 0.05) is 12.4 Å².